The number of fused-ring (bicyclic) bond motifs is 2. The van der Waals surface area contributed by atoms with Crippen LogP contribution in [0, 0.1) is 11.2 Å². The second-order valence-corrected chi connectivity index (χ2v) is 12.5. The Balaban J connectivity index is 1.19. The Bertz CT molecular complexity index is 2050. The van der Waals surface area contributed by atoms with Gasteiger partial charge in [-0.1, -0.05) is 53.5 Å². The smallest absolute Gasteiger partial charge is 0.236 e. The quantitative estimate of drug-likeness (QED) is 0.175. The molecule has 1 aliphatic carbocycles. The summed E-state index contributed by atoms with van der Waals surface area (Å²) in [6.07, 6.45) is 2.64. The maximum atomic E-state index is 14.9. The molecule has 0 bridgehead atoms. The van der Waals surface area contributed by atoms with Crippen molar-refractivity contribution >= 4 is 34.3 Å². The number of pyridine rings is 2. The fourth-order valence-electron chi connectivity index (χ4n) is 6.53. The molecule has 5 aromatic rings. The zero-order chi connectivity index (χ0) is 32.8. The van der Waals surface area contributed by atoms with Crippen molar-refractivity contribution in [3.63, 3.8) is 0 Å². The van der Waals surface area contributed by atoms with Crippen LogP contribution in [0.1, 0.15) is 35.6 Å². The lowest BCUT2D eigenvalue weighted by Crippen LogP contribution is -2.22. The molecule has 1 aliphatic heterocycles. The number of rotatable bonds is 9. The summed E-state index contributed by atoms with van der Waals surface area (Å²) in [7, 11) is 1.56. The van der Waals surface area contributed by atoms with Gasteiger partial charge in [0.25, 0.3) is 0 Å². The van der Waals surface area contributed by atoms with Crippen molar-refractivity contribution in [2.75, 3.05) is 26.8 Å². The lowest BCUT2D eigenvalue weighted by molar-refractivity contribution is 0.174. The number of aliphatic hydroxyl groups is 2. The monoisotopic (exact) mass is 679 g/mol. The Morgan fingerprint density at radius 1 is 1.09 bits per heavy atom. The number of nitrogens with one attached hydrogen (secondary N) is 1. The van der Waals surface area contributed by atoms with Gasteiger partial charge < -0.3 is 28.7 Å². The topological polar surface area (TPSA) is 130 Å². The zero-order valence-corrected chi connectivity index (χ0v) is 27.0. The summed E-state index contributed by atoms with van der Waals surface area (Å²) < 4.78 is 33.9. The Kier molecular flexibility index (Phi) is 8.67. The second-order valence-electron chi connectivity index (χ2n) is 11.7. The number of β-amino-alcohol motifs (C(OH)–C–C–N with tert-alkyl or cyclic N) is 1. The molecular weight excluding hydrogens is 648 g/mol. The van der Waals surface area contributed by atoms with E-state index in [-0.39, 0.29) is 53.7 Å². The standard InChI is InChI=1S/C34H32Cl2FN5O5/c1-45-32-18(15-41-11-10-19(44)16-41)14-25(35)34(40-32)46-27-9-8-21-20(4-2-5-22(21)27)23-6-3-7-24(28(23)36)33-39-29-30(47-33)26(37)17-42(12-13-43)31(29)38/h2-7,14,17,19,27,38,43-44H,8-13,15-16H2,1H3/t19-,27+/m1/s1. The highest BCUT2D eigenvalue weighted by Crippen LogP contribution is 2.45. The van der Waals surface area contributed by atoms with Gasteiger partial charge in [0.1, 0.15) is 11.1 Å². The zero-order valence-electron chi connectivity index (χ0n) is 25.5. The minimum atomic E-state index is -0.685. The average molecular weight is 681 g/mol. The number of aliphatic hydroxyl groups excluding tert-OH is 2. The largest absolute Gasteiger partial charge is 0.481 e. The molecular formula is C34H32Cl2FN5O5. The molecule has 2 aliphatic rings. The first-order valence-electron chi connectivity index (χ1n) is 15.3. The van der Waals surface area contributed by atoms with Gasteiger partial charge in [-0.25, -0.2) is 9.37 Å². The summed E-state index contributed by atoms with van der Waals surface area (Å²) >= 11 is 13.7. The van der Waals surface area contributed by atoms with Gasteiger partial charge in [0.15, 0.2) is 22.4 Å². The van der Waals surface area contributed by atoms with Crippen molar-refractivity contribution in [2.24, 2.45) is 0 Å². The van der Waals surface area contributed by atoms with E-state index in [1.165, 1.54) is 4.57 Å². The van der Waals surface area contributed by atoms with Gasteiger partial charge in [0, 0.05) is 43.5 Å². The fourth-order valence-corrected chi connectivity index (χ4v) is 7.06. The number of benzene rings is 2. The minimum Gasteiger partial charge on any atom is -0.481 e. The molecule has 0 spiro atoms. The lowest BCUT2D eigenvalue weighted by atomic mass is 9.95. The Labute approximate surface area is 279 Å². The van der Waals surface area contributed by atoms with E-state index in [0.29, 0.717) is 41.0 Å². The predicted octanol–water partition coefficient (Wildman–Crippen LogP) is 5.92. The summed E-state index contributed by atoms with van der Waals surface area (Å²) in [5.74, 6) is 0.125. The molecule has 3 N–H and O–H groups in total. The molecule has 0 unspecified atom stereocenters. The van der Waals surface area contributed by atoms with Crippen molar-refractivity contribution < 1.29 is 28.5 Å². The molecule has 244 valence electrons. The number of oxazole rings is 1. The number of aromatic nitrogens is 3. The molecule has 2 atom stereocenters. The molecule has 47 heavy (non-hydrogen) atoms. The molecule has 1 fully saturated rings. The van der Waals surface area contributed by atoms with E-state index < -0.39 is 5.82 Å². The third kappa shape index (κ3) is 5.87. The van der Waals surface area contributed by atoms with Crippen LogP contribution in [0.5, 0.6) is 11.8 Å². The number of nitrogens with zero attached hydrogens (tertiary/aromatic N) is 4. The van der Waals surface area contributed by atoms with Crippen LogP contribution in [0.25, 0.3) is 33.7 Å². The molecule has 0 amide bonds. The molecule has 2 aromatic carbocycles. The van der Waals surface area contributed by atoms with Crippen LogP contribution < -0.4 is 15.0 Å². The molecule has 10 nitrogen and oxygen atoms in total. The molecule has 0 saturated carbocycles. The first kappa shape index (κ1) is 31.6. The van der Waals surface area contributed by atoms with Crippen LogP contribution in [-0.4, -0.2) is 62.6 Å². The highest BCUT2D eigenvalue weighted by Gasteiger charge is 2.30. The van der Waals surface area contributed by atoms with E-state index in [4.69, 9.17) is 42.5 Å². The Hall–Kier alpha value is -4.00. The van der Waals surface area contributed by atoms with Crippen LogP contribution in [0.2, 0.25) is 10.0 Å². The SMILES string of the molecule is COc1nc(O[C@H]2CCc3c(-c4cccc(-c5nc6c(=N)n(CCO)cc(F)c6o5)c4Cl)cccc32)c(Cl)cc1CN1CC[C@@H](O)C1. The molecule has 4 heterocycles. The number of methoxy groups -OCH3 is 1. The van der Waals surface area contributed by atoms with Crippen LogP contribution in [-0.2, 0) is 19.5 Å². The Morgan fingerprint density at radius 3 is 2.64 bits per heavy atom. The number of hydrogen-bond donors (Lipinski definition) is 3. The van der Waals surface area contributed by atoms with Crippen LogP contribution in [0.3, 0.4) is 0 Å². The summed E-state index contributed by atoms with van der Waals surface area (Å²) in [4.78, 5) is 11.2. The second kappa shape index (κ2) is 12.9. The third-order valence-electron chi connectivity index (χ3n) is 8.77. The van der Waals surface area contributed by atoms with Gasteiger partial charge in [-0.05, 0) is 48.1 Å². The summed E-state index contributed by atoms with van der Waals surface area (Å²) in [5.41, 5.74) is 4.85. The molecule has 3 aromatic heterocycles. The van der Waals surface area contributed by atoms with Gasteiger partial charge >= 0.3 is 0 Å². The van der Waals surface area contributed by atoms with Gasteiger partial charge in [0.05, 0.1) is 30.4 Å². The maximum Gasteiger partial charge on any atom is 0.236 e. The number of ether oxygens (including phenoxy) is 2. The lowest BCUT2D eigenvalue weighted by Gasteiger charge is -2.20. The van der Waals surface area contributed by atoms with Crippen molar-refractivity contribution in [3.8, 4) is 34.3 Å². The van der Waals surface area contributed by atoms with Crippen molar-refractivity contribution in [1.29, 1.82) is 5.41 Å². The van der Waals surface area contributed by atoms with E-state index >= 15 is 0 Å². The summed E-state index contributed by atoms with van der Waals surface area (Å²) in [6.45, 7) is 1.76. The summed E-state index contributed by atoms with van der Waals surface area (Å²) in [5, 5.41) is 28.4. The normalized spacial score (nSPS) is 17.8. The van der Waals surface area contributed by atoms with Crippen molar-refractivity contribution in [1.82, 2.24) is 19.4 Å². The summed E-state index contributed by atoms with van der Waals surface area (Å²) in [6, 6.07) is 13.3. The highest BCUT2D eigenvalue weighted by atomic mass is 35.5. The van der Waals surface area contributed by atoms with E-state index in [1.54, 1.807) is 13.2 Å². The van der Waals surface area contributed by atoms with E-state index in [1.807, 2.05) is 36.4 Å². The number of hydrogen-bond acceptors (Lipinski definition) is 9. The Morgan fingerprint density at radius 2 is 1.87 bits per heavy atom. The predicted molar refractivity (Wildman–Crippen MR) is 174 cm³/mol. The van der Waals surface area contributed by atoms with Gasteiger partial charge in [0.2, 0.25) is 17.7 Å². The number of halogens is 3. The van der Waals surface area contributed by atoms with E-state index in [0.717, 1.165) is 53.4 Å². The maximum absolute atomic E-state index is 14.9. The average Bonchev–Trinajstić information content (AvgIpc) is 3.80. The first-order valence-corrected chi connectivity index (χ1v) is 16.1. The third-order valence-corrected chi connectivity index (χ3v) is 9.45. The first-order chi connectivity index (χ1) is 22.7. The van der Waals surface area contributed by atoms with Crippen LogP contribution >= 0.6 is 23.2 Å². The fraction of sp³-hybridized carbons (Fsp3) is 0.324. The highest BCUT2D eigenvalue weighted by molar-refractivity contribution is 6.36. The van der Waals surface area contributed by atoms with E-state index in [9.17, 15) is 14.6 Å². The molecule has 1 saturated heterocycles. The van der Waals surface area contributed by atoms with Crippen LogP contribution in [0.15, 0.2) is 53.1 Å². The van der Waals surface area contributed by atoms with Gasteiger partial charge in [-0.15, -0.1) is 0 Å². The van der Waals surface area contributed by atoms with Gasteiger partial charge in [-0.2, -0.15) is 4.98 Å². The van der Waals surface area contributed by atoms with E-state index in [2.05, 4.69) is 14.9 Å². The molecule has 7 rings (SSSR count). The molecule has 0 radical (unpaired) electrons. The van der Waals surface area contributed by atoms with Crippen molar-refractivity contribution in [2.45, 2.75) is 44.6 Å². The minimum absolute atomic E-state index is 0.0438. The van der Waals surface area contributed by atoms with Crippen LogP contribution in [0.4, 0.5) is 4.39 Å². The van der Waals surface area contributed by atoms with Crippen molar-refractivity contribution in [3.05, 3.63) is 86.7 Å². The number of likely N-dealkylation sites (tertiary alicyclic amines) is 1. The molecule has 13 heteroatoms. The van der Waals surface area contributed by atoms with Gasteiger partial charge in [-0.3, -0.25) is 10.3 Å².